The minimum Gasteiger partial charge on any atom is -0.395 e. The number of aliphatic hydroxyl groups is 1. The van der Waals surface area contributed by atoms with Gasteiger partial charge < -0.3 is 10.0 Å². The predicted molar refractivity (Wildman–Crippen MR) is 86.7 cm³/mol. The maximum atomic E-state index is 12.8. The zero-order chi connectivity index (χ0) is 15.6. The molecule has 120 valence electrons. The van der Waals surface area contributed by atoms with Crippen molar-refractivity contribution in [3.63, 3.8) is 0 Å². The second-order valence-electron chi connectivity index (χ2n) is 6.49. The van der Waals surface area contributed by atoms with Gasteiger partial charge in [-0.1, -0.05) is 23.7 Å². The quantitative estimate of drug-likeness (QED) is 0.923. The van der Waals surface area contributed by atoms with E-state index in [1.54, 1.807) is 0 Å². The number of nitrogens with zero attached hydrogens (tertiary/aromatic N) is 2. The molecule has 3 rings (SSSR count). The number of aliphatic hydroxyl groups excluding tert-OH is 1. The second kappa shape index (κ2) is 6.57. The number of β-amino-alcohol motifs (C(OH)–C–C–N with tert-alkyl or cyclic N) is 1. The molecule has 1 unspecified atom stereocenters. The number of rotatable bonds is 4. The first-order valence-electron chi connectivity index (χ1n) is 8.00. The van der Waals surface area contributed by atoms with Crippen molar-refractivity contribution in [3.8, 4) is 0 Å². The Bertz CT molecular complexity index is 549. The first kappa shape index (κ1) is 15.8. The highest BCUT2D eigenvalue weighted by atomic mass is 35.5. The van der Waals surface area contributed by atoms with Gasteiger partial charge in [-0.15, -0.1) is 0 Å². The number of halogens is 1. The summed E-state index contributed by atoms with van der Waals surface area (Å²) in [4.78, 5) is 17.0. The zero-order valence-electron chi connectivity index (χ0n) is 12.8. The molecule has 1 amide bonds. The summed E-state index contributed by atoms with van der Waals surface area (Å²) in [5, 5.41) is 9.88. The van der Waals surface area contributed by atoms with Crippen LogP contribution in [0.2, 0.25) is 5.02 Å². The molecule has 2 heterocycles. The molecule has 5 heteroatoms. The third-order valence-electron chi connectivity index (χ3n) is 4.92. The normalized spacial score (nSPS) is 26.1. The molecule has 1 aromatic carbocycles. The Labute approximate surface area is 136 Å². The van der Waals surface area contributed by atoms with Gasteiger partial charge in [0.05, 0.1) is 12.0 Å². The first-order chi connectivity index (χ1) is 10.6. The number of benzene rings is 1. The van der Waals surface area contributed by atoms with Crippen molar-refractivity contribution in [1.82, 2.24) is 9.80 Å². The SMILES string of the molecule is O=C1N(CCO)CCCC12CCN(Cc1cccc(Cl)c1)C2. The van der Waals surface area contributed by atoms with E-state index in [2.05, 4.69) is 11.0 Å². The summed E-state index contributed by atoms with van der Waals surface area (Å²) in [6.07, 6.45) is 2.94. The van der Waals surface area contributed by atoms with Gasteiger partial charge in [0.15, 0.2) is 0 Å². The van der Waals surface area contributed by atoms with E-state index in [0.717, 1.165) is 50.5 Å². The number of amides is 1. The van der Waals surface area contributed by atoms with Crippen LogP contribution in [0.1, 0.15) is 24.8 Å². The highest BCUT2D eigenvalue weighted by Gasteiger charge is 2.47. The van der Waals surface area contributed by atoms with Crippen LogP contribution in [0.5, 0.6) is 0 Å². The number of carbonyl (C=O) groups is 1. The molecule has 0 aliphatic carbocycles. The van der Waals surface area contributed by atoms with Gasteiger partial charge in [-0.2, -0.15) is 0 Å². The Morgan fingerprint density at radius 3 is 2.91 bits per heavy atom. The lowest BCUT2D eigenvalue weighted by atomic mass is 9.78. The average Bonchev–Trinajstić information content (AvgIpc) is 2.88. The van der Waals surface area contributed by atoms with Crippen LogP contribution in [-0.4, -0.2) is 53.6 Å². The van der Waals surface area contributed by atoms with Crippen molar-refractivity contribution >= 4 is 17.5 Å². The van der Waals surface area contributed by atoms with Crippen LogP contribution in [-0.2, 0) is 11.3 Å². The topological polar surface area (TPSA) is 43.8 Å². The van der Waals surface area contributed by atoms with Crippen LogP contribution in [0, 0.1) is 5.41 Å². The Kier molecular flexibility index (Phi) is 4.71. The number of piperidine rings is 1. The van der Waals surface area contributed by atoms with Crippen LogP contribution in [0.15, 0.2) is 24.3 Å². The summed E-state index contributed by atoms with van der Waals surface area (Å²) >= 11 is 6.05. The molecule has 2 fully saturated rings. The lowest BCUT2D eigenvalue weighted by Crippen LogP contribution is -2.50. The molecule has 1 N–H and O–H groups in total. The van der Waals surface area contributed by atoms with E-state index in [1.807, 2.05) is 23.1 Å². The Hall–Kier alpha value is -1.10. The summed E-state index contributed by atoms with van der Waals surface area (Å²) in [5.41, 5.74) is 0.964. The Morgan fingerprint density at radius 1 is 1.27 bits per heavy atom. The van der Waals surface area contributed by atoms with Crippen LogP contribution in [0.3, 0.4) is 0 Å². The van der Waals surface area contributed by atoms with Crippen molar-refractivity contribution in [2.75, 3.05) is 32.8 Å². The van der Waals surface area contributed by atoms with E-state index < -0.39 is 0 Å². The van der Waals surface area contributed by atoms with Crippen molar-refractivity contribution in [2.45, 2.75) is 25.8 Å². The summed E-state index contributed by atoms with van der Waals surface area (Å²) in [7, 11) is 0. The molecule has 1 spiro atoms. The third kappa shape index (κ3) is 3.14. The largest absolute Gasteiger partial charge is 0.395 e. The molecule has 0 saturated carbocycles. The van der Waals surface area contributed by atoms with E-state index >= 15 is 0 Å². The molecular weight excluding hydrogens is 300 g/mol. The molecule has 2 aliphatic rings. The van der Waals surface area contributed by atoms with Crippen molar-refractivity contribution in [1.29, 1.82) is 0 Å². The van der Waals surface area contributed by atoms with Gasteiger partial charge in [0.25, 0.3) is 0 Å². The van der Waals surface area contributed by atoms with E-state index in [9.17, 15) is 4.79 Å². The van der Waals surface area contributed by atoms with Crippen LogP contribution < -0.4 is 0 Å². The van der Waals surface area contributed by atoms with Crippen molar-refractivity contribution < 1.29 is 9.90 Å². The van der Waals surface area contributed by atoms with Crippen molar-refractivity contribution in [3.05, 3.63) is 34.9 Å². The molecule has 0 aromatic heterocycles. The monoisotopic (exact) mass is 322 g/mol. The fraction of sp³-hybridized carbons (Fsp3) is 0.588. The summed E-state index contributed by atoms with van der Waals surface area (Å²) in [5.74, 6) is 0.237. The van der Waals surface area contributed by atoms with Gasteiger partial charge in [0.1, 0.15) is 0 Å². The van der Waals surface area contributed by atoms with Gasteiger partial charge in [-0.3, -0.25) is 9.69 Å². The molecule has 22 heavy (non-hydrogen) atoms. The minimum atomic E-state index is -0.230. The highest BCUT2D eigenvalue weighted by Crippen LogP contribution is 2.40. The van der Waals surface area contributed by atoms with E-state index in [-0.39, 0.29) is 17.9 Å². The standard InChI is InChI=1S/C17H23ClN2O2/c18-15-4-1-3-14(11-15)12-19-8-6-17(13-19)5-2-7-20(9-10-21)16(17)22/h1,3-4,11,21H,2,5-10,12-13H2. The molecule has 1 atom stereocenters. The van der Waals surface area contributed by atoms with Gasteiger partial charge in [-0.05, 0) is 43.5 Å². The van der Waals surface area contributed by atoms with Crippen molar-refractivity contribution in [2.24, 2.45) is 5.41 Å². The lowest BCUT2D eigenvalue weighted by molar-refractivity contribution is -0.146. The average molecular weight is 323 g/mol. The fourth-order valence-electron chi connectivity index (χ4n) is 3.85. The van der Waals surface area contributed by atoms with E-state index in [1.165, 1.54) is 5.56 Å². The molecule has 1 aromatic rings. The zero-order valence-corrected chi connectivity index (χ0v) is 13.6. The van der Waals surface area contributed by atoms with Gasteiger partial charge >= 0.3 is 0 Å². The van der Waals surface area contributed by atoms with E-state index in [0.29, 0.717) is 6.54 Å². The highest BCUT2D eigenvalue weighted by molar-refractivity contribution is 6.30. The third-order valence-corrected chi connectivity index (χ3v) is 5.16. The van der Waals surface area contributed by atoms with Gasteiger partial charge in [-0.25, -0.2) is 0 Å². The van der Waals surface area contributed by atoms with E-state index in [4.69, 9.17) is 16.7 Å². The van der Waals surface area contributed by atoms with Crippen LogP contribution in [0.4, 0.5) is 0 Å². The van der Waals surface area contributed by atoms with Crippen LogP contribution >= 0.6 is 11.6 Å². The fourth-order valence-corrected chi connectivity index (χ4v) is 4.06. The summed E-state index contributed by atoms with van der Waals surface area (Å²) in [6.45, 7) is 3.92. The summed E-state index contributed by atoms with van der Waals surface area (Å²) in [6, 6.07) is 7.93. The smallest absolute Gasteiger partial charge is 0.230 e. The maximum Gasteiger partial charge on any atom is 0.230 e. The first-order valence-corrected chi connectivity index (χ1v) is 8.38. The second-order valence-corrected chi connectivity index (χ2v) is 6.93. The minimum absolute atomic E-state index is 0.0497. The number of likely N-dealkylation sites (tertiary alicyclic amines) is 2. The number of carbonyl (C=O) groups excluding carboxylic acids is 1. The maximum absolute atomic E-state index is 12.8. The molecular formula is C17H23ClN2O2. The number of hydrogen-bond donors (Lipinski definition) is 1. The Balaban J connectivity index is 1.67. The summed E-state index contributed by atoms with van der Waals surface area (Å²) < 4.78 is 0. The molecule has 2 aliphatic heterocycles. The van der Waals surface area contributed by atoms with Crippen LogP contribution in [0.25, 0.3) is 0 Å². The lowest BCUT2D eigenvalue weighted by Gasteiger charge is -2.39. The molecule has 0 radical (unpaired) electrons. The molecule has 2 saturated heterocycles. The Morgan fingerprint density at radius 2 is 2.14 bits per heavy atom. The van der Waals surface area contributed by atoms with Gasteiger partial charge in [0.2, 0.25) is 5.91 Å². The molecule has 4 nitrogen and oxygen atoms in total. The predicted octanol–water partition coefficient (Wildman–Crippen LogP) is 2.15. The number of hydrogen-bond acceptors (Lipinski definition) is 3. The molecule has 0 bridgehead atoms. The van der Waals surface area contributed by atoms with Gasteiger partial charge in [0, 0.05) is 31.2 Å².